The molecule has 0 saturated heterocycles. The summed E-state index contributed by atoms with van der Waals surface area (Å²) in [6, 6.07) is 39.4. The molecule has 6 nitrogen and oxygen atoms in total. The molecule has 0 unspecified atom stereocenters. The first-order valence-electron chi connectivity index (χ1n) is 21.3. The zero-order valence-corrected chi connectivity index (χ0v) is 36.6. The molecule has 302 valence electrons. The highest BCUT2D eigenvalue weighted by molar-refractivity contribution is 6.09. The number of pyridine rings is 2. The van der Waals surface area contributed by atoms with Crippen molar-refractivity contribution in [1.29, 1.82) is 0 Å². The summed E-state index contributed by atoms with van der Waals surface area (Å²) in [7, 11) is 0. The van der Waals surface area contributed by atoms with Crippen molar-refractivity contribution in [1.82, 2.24) is 14.5 Å². The number of para-hydroxylation sites is 1. The summed E-state index contributed by atoms with van der Waals surface area (Å²) in [6.07, 6.45) is 5.83. The van der Waals surface area contributed by atoms with E-state index in [4.69, 9.17) is 9.72 Å². The SMILES string of the molecule is Cc1cc(C)c(-c2cc(C(C)C)c(N3CN(c4cccc(Oc5ccc6c7ccccc7n(-c7cc(C(C)(C)C)ccn7)c6c5)c4)c4cnccc43)c(C(C)C)c2)c(C)c1. The Morgan fingerprint density at radius 1 is 0.633 bits per heavy atom. The molecule has 9 rings (SSSR count). The summed E-state index contributed by atoms with van der Waals surface area (Å²) >= 11 is 0. The molecule has 0 bridgehead atoms. The molecule has 4 heterocycles. The number of fused-ring (bicyclic) bond motifs is 4. The quantitative estimate of drug-likeness (QED) is 0.153. The monoisotopic (exact) mass is 789 g/mol. The minimum absolute atomic E-state index is 0.00314. The molecule has 8 aromatic rings. The van der Waals surface area contributed by atoms with Crippen LogP contribution < -0.4 is 14.5 Å². The minimum atomic E-state index is -0.00314. The number of ether oxygens (including phenoxy) is 1. The zero-order chi connectivity index (χ0) is 42.0. The van der Waals surface area contributed by atoms with Crippen LogP contribution in [-0.4, -0.2) is 21.2 Å². The van der Waals surface area contributed by atoms with Gasteiger partial charge in [0.15, 0.2) is 0 Å². The number of nitrogens with zero attached hydrogens (tertiary/aromatic N) is 5. The largest absolute Gasteiger partial charge is 0.457 e. The van der Waals surface area contributed by atoms with E-state index in [1.54, 1.807) is 0 Å². The molecule has 0 amide bonds. The molecule has 6 heteroatoms. The van der Waals surface area contributed by atoms with Gasteiger partial charge in [0.2, 0.25) is 0 Å². The van der Waals surface area contributed by atoms with Gasteiger partial charge in [0, 0.05) is 46.7 Å². The van der Waals surface area contributed by atoms with Crippen LogP contribution in [0.2, 0.25) is 0 Å². The Morgan fingerprint density at radius 2 is 1.33 bits per heavy atom. The molecule has 0 aliphatic carbocycles. The number of rotatable bonds is 8. The van der Waals surface area contributed by atoms with Gasteiger partial charge in [0.05, 0.1) is 28.6 Å². The number of aromatic nitrogens is 3. The molecule has 0 N–H and O–H groups in total. The van der Waals surface area contributed by atoms with Crippen molar-refractivity contribution in [3.8, 4) is 28.4 Å². The Balaban J connectivity index is 1.09. The summed E-state index contributed by atoms with van der Waals surface area (Å²) in [5.41, 5.74) is 17.3. The van der Waals surface area contributed by atoms with E-state index in [0.717, 1.165) is 50.8 Å². The van der Waals surface area contributed by atoms with Crippen LogP contribution in [0.15, 0.2) is 128 Å². The molecule has 0 radical (unpaired) electrons. The predicted molar refractivity (Wildman–Crippen MR) is 251 cm³/mol. The molecular weight excluding hydrogens is 735 g/mol. The maximum atomic E-state index is 6.74. The molecule has 0 atom stereocenters. The van der Waals surface area contributed by atoms with Crippen molar-refractivity contribution in [3.63, 3.8) is 0 Å². The van der Waals surface area contributed by atoms with Crippen LogP contribution in [0.25, 0.3) is 38.8 Å². The lowest BCUT2D eigenvalue weighted by Gasteiger charge is -2.30. The molecule has 60 heavy (non-hydrogen) atoms. The van der Waals surface area contributed by atoms with E-state index in [-0.39, 0.29) is 5.41 Å². The van der Waals surface area contributed by atoms with Gasteiger partial charge < -0.3 is 14.5 Å². The standard InChI is InChI=1S/C54H55N5O/c1-33(2)45-26-38(52-36(6)24-35(5)25-37(52)7)27-46(34(3)4)53(45)58-32-57(50-31-55-22-21-48(50)58)40-14-13-15-41(29-40)60-42-18-19-44-43-16-11-12-17-47(43)59(49(44)30-42)51-28-39(20-23-56-51)54(8,9)10/h11-31,33-34H,32H2,1-10H3. The third kappa shape index (κ3) is 6.88. The fraction of sp³-hybridized carbons (Fsp3) is 0.259. The van der Waals surface area contributed by atoms with Gasteiger partial charge >= 0.3 is 0 Å². The normalized spacial score (nSPS) is 13.0. The van der Waals surface area contributed by atoms with Crippen LogP contribution in [-0.2, 0) is 5.41 Å². The van der Waals surface area contributed by atoms with Gasteiger partial charge in [-0.05, 0) is 138 Å². The predicted octanol–water partition coefficient (Wildman–Crippen LogP) is 14.7. The Bertz CT molecular complexity index is 2880. The molecular formula is C54H55N5O. The van der Waals surface area contributed by atoms with Crippen molar-refractivity contribution < 1.29 is 4.74 Å². The van der Waals surface area contributed by atoms with E-state index in [2.05, 4.69) is 192 Å². The van der Waals surface area contributed by atoms with E-state index in [9.17, 15) is 0 Å². The molecule has 1 aliphatic heterocycles. The van der Waals surface area contributed by atoms with Crippen LogP contribution in [0.3, 0.4) is 0 Å². The first kappa shape index (κ1) is 39.1. The molecule has 0 spiro atoms. The van der Waals surface area contributed by atoms with E-state index >= 15 is 0 Å². The maximum absolute atomic E-state index is 6.74. The lowest BCUT2D eigenvalue weighted by atomic mass is 9.85. The summed E-state index contributed by atoms with van der Waals surface area (Å²) in [4.78, 5) is 14.4. The summed E-state index contributed by atoms with van der Waals surface area (Å²) < 4.78 is 9.01. The zero-order valence-electron chi connectivity index (χ0n) is 36.6. The average molecular weight is 790 g/mol. The summed E-state index contributed by atoms with van der Waals surface area (Å²) in [5.74, 6) is 3.06. The molecule has 1 aliphatic rings. The van der Waals surface area contributed by atoms with Crippen LogP contribution in [0.5, 0.6) is 11.5 Å². The lowest BCUT2D eigenvalue weighted by molar-refractivity contribution is 0.483. The number of aryl methyl sites for hydroxylation is 3. The van der Waals surface area contributed by atoms with Crippen LogP contribution in [0, 0.1) is 20.8 Å². The first-order valence-corrected chi connectivity index (χ1v) is 21.3. The number of hydrogen-bond donors (Lipinski definition) is 0. The van der Waals surface area contributed by atoms with E-state index in [1.165, 1.54) is 55.6 Å². The fourth-order valence-corrected chi connectivity index (χ4v) is 9.29. The molecule has 0 saturated carbocycles. The van der Waals surface area contributed by atoms with Crippen molar-refractivity contribution in [2.24, 2.45) is 0 Å². The van der Waals surface area contributed by atoms with Gasteiger partial charge in [0.1, 0.15) is 24.0 Å². The maximum Gasteiger partial charge on any atom is 0.137 e. The van der Waals surface area contributed by atoms with Gasteiger partial charge in [-0.25, -0.2) is 4.98 Å². The van der Waals surface area contributed by atoms with E-state index < -0.39 is 0 Å². The third-order valence-electron chi connectivity index (χ3n) is 12.1. The highest BCUT2D eigenvalue weighted by Crippen LogP contribution is 2.50. The van der Waals surface area contributed by atoms with E-state index in [1.807, 2.05) is 24.7 Å². The topological polar surface area (TPSA) is 46.4 Å². The molecule has 3 aromatic heterocycles. The fourth-order valence-electron chi connectivity index (χ4n) is 9.29. The van der Waals surface area contributed by atoms with Crippen molar-refractivity contribution >= 4 is 44.6 Å². The molecule has 0 fully saturated rings. The lowest BCUT2D eigenvalue weighted by Crippen LogP contribution is -2.26. The van der Waals surface area contributed by atoms with Gasteiger partial charge in [-0.1, -0.05) is 90.4 Å². The number of hydrogen-bond acceptors (Lipinski definition) is 5. The second-order valence-electron chi connectivity index (χ2n) is 18.2. The Morgan fingerprint density at radius 3 is 2.05 bits per heavy atom. The van der Waals surface area contributed by atoms with Crippen LogP contribution in [0.4, 0.5) is 22.7 Å². The summed E-state index contributed by atoms with van der Waals surface area (Å²) in [5, 5.41) is 2.35. The highest BCUT2D eigenvalue weighted by atomic mass is 16.5. The minimum Gasteiger partial charge on any atom is -0.457 e. The van der Waals surface area contributed by atoms with Crippen molar-refractivity contribution in [3.05, 3.63) is 161 Å². The first-order chi connectivity index (χ1) is 28.8. The number of anilines is 4. The number of benzene rings is 5. The second kappa shape index (κ2) is 15.0. The Hall–Kier alpha value is -6.40. The summed E-state index contributed by atoms with van der Waals surface area (Å²) in [6.45, 7) is 23.3. The molecule has 5 aromatic carbocycles. The third-order valence-corrected chi connectivity index (χ3v) is 12.1. The van der Waals surface area contributed by atoms with Gasteiger partial charge in [0.25, 0.3) is 0 Å². The Kier molecular flexibility index (Phi) is 9.78. The van der Waals surface area contributed by atoms with Crippen LogP contribution in [0.1, 0.15) is 93.7 Å². The van der Waals surface area contributed by atoms with Gasteiger partial charge in [-0.15, -0.1) is 0 Å². The highest BCUT2D eigenvalue weighted by Gasteiger charge is 2.33. The van der Waals surface area contributed by atoms with E-state index in [0.29, 0.717) is 18.5 Å². The van der Waals surface area contributed by atoms with Gasteiger partial charge in [-0.3, -0.25) is 9.55 Å². The second-order valence-corrected chi connectivity index (χ2v) is 18.2. The average Bonchev–Trinajstić information content (AvgIpc) is 3.76. The smallest absolute Gasteiger partial charge is 0.137 e. The Labute approximate surface area is 355 Å². The van der Waals surface area contributed by atoms with Gasteiger partial charge in [-0.2, -0.15) is 0 Å². The van der Waals surface area contributed by atoms with Crippen molar-refractivity contribution in [2.75, 3.05) is 16.5 Å². The van der Waals surface area contributed by atoms with Crippen molar-refractivity contribution in [2.45, 2.75) is 86.5 Å². The van der Waals surface area contributed by atoms with Crippen LogP contribution >= 0.6 is 0 Å².